The number of nitro benzene ring substituents is 1. The molecular formula is C20H22N2O3. The van der Waals surface area contributed by atoms with Crippen LogP contribution in [0.4, 0.5) is 11.4 Å². The van der Waals surface area contributed by atoms with Crippen LogP contribution in [-0.4, -0.2) is 10.8 Å². The molecule has 25 heavy (non-hydrogen) atoms. The summed E-state index contributed by atoms with van der Waals surface area (Å²) >= 11 is 0. The number of anilines is 1. The van der Waals surface area contributed by atoms with Crippen LogP contribution >= 0.6 is 0 Å². The number of hydrogen-bond donors (Lipinski definition) is 1. The van der Waals surface area contributed by atoms with Gasteiger partial charge in [-0.15, -0.1) is 0 Å². The third-order valence-corrected chi connectivity index (χ3v) is 3.89. The maximum Gasteiger partial charge on any atom is 0.271 e. The average Bonchev–Trinajstić information content (AvgIpc) is 2.54. The Labute approximate surface area is 147 Å². The number of nitro groups is 1. The molecule has 0 unspecified atom stereocenters. The van der Waals surface area contributed by atoms with E-state index in [0.717, 1.165) is 11.1 Å². The van der Waals surface area contributed by atoms with Gasteiger partial charge in [-0.05, 0) is 35.1 Å². The molecule has 2 aromatic rings. The van der Waals surface area contributed by atoms with E-state index in [-0.39, 0.29) is 17.0 Å². The molecule has 0 radical (unpaired) electrons. The van der Waals surface area contributed by atoms with Crippen molar-refractivity contribution in [1.29, 1.82) is 0 Å². The number of amides is 1. The standard InChI is InChI=1S/C20H22N2O3/c1-14-5-11-17(22(24)25)13-18(14)21-19(23)12-8-15-6-9-16(10-7-15)20(2,3)4/h5-13H,1-4H3,(H,21,23). The van der Waals surface area contributed by atoms with E-state index in [1.807, 2.05) is 24.3 Å². The minimum atomic E-state index is -0.484. The maximum absolute atomic E-state index is 12.1. The minimum absolute atomic E-state index is 0.0531. The molecule has 0 aromatic heterocycles. The van der Waals surface area contributed by atoms with Crippen molar-refractivity contribution in [2.75, 3.05) is 5.32 Å². The van der Waals surface area contributed by atoms with E-state index < -0.39 is 4.92 Å². The highest BCUT2D eigenvalue weighted by molar-refractivity contribution is 6.02. The lowest BCUT2D eigenvalue weighted by Gasteiger charge is -2.18. The zero-order chi connectivity index (χ0) is 18.6. The predicted molar refractivity (Wildman–Crippen MR) is 101 cm³/mol. The smallest absolute Gasteiger partial charge is 0.271 e. The second kappa shape index (κ2) is 7.30. The van der Waals surface area contributed by atoms with Gasteiger partial charge in [-0.3, -0.25) is 14.9 Å². The molecule has 130 valence electrons. The average molecular weight is 338 g/mol. The quantitative estimate of drug-likeness (QED) is 0.492. The Hall–Kier alpha value is -2.95. The summed E-state index contributed by atoms with van der Waals surface area (Å²) in [6, 6.07) is 12.4. The van der Waals surface area contributed by atoms with Gasteiger partial charge in [0, 0.05) is 18.2 Å². The normalized spacial score (nSPS) is 11.5. The van der Waals surface area contributed by atoms with Gasteiger partial charge in [-0.25, -0.2) is 0 Å². The molecule has 0 fully saturated rings. The van der Waals surface area contributed by atoms with Gasteiger partial charge in [-0.2, -0.15) is 0 Å². The topological polar surface area (TPSA) is 72.2 Å². The van der Waals surface area contributed by atoms with Crippen molar-refractivity contribution in [3.63, 3.8) is 0 Å². The first-order chi connectivity index (χ1) is 11.7. The number of rotatable bonds is 4. The Bertz CT molecular complexity index is 816. The van der Waals surface area contributed by atoms with E-state index in [0.29, 0.717) is 5.69 Å². The van der Waals surface area contributed by atoms with Crippen molar-refractivity contribution in [3.8, 4) is 0 Å². The highest BCUT2D eigenvalue weighted by Gasteiger charge is 2.12. The van der Waals surface area contributed by atoms with Crippen LogP contribution < -0.4 is 5.32 Å². The Morgan fingerprint density at radius 3 is 2.32 bits per heavy atom. The van der Waals surface area contributed by atoms with Crippen molar-refractivity contribution in [2.45, 2.75) is 33.1 Å². The first-order valence-corrected chi connectivity index (χ1v) is 8.01. The van der Waals surface area contributed by atoms with Gasteiger partial charge in [0.25, 0.3) is 5.69 Å². The van der Waals surface area contributed by atoms with Crippen LogP contribution in [0, 0.1) is 17.0 Å². The highest BCUT2D eigenvalue weighted by Crippen LogP contribution is 2.23. The van der Waals surface area contributed by atoms with Gasteiger partial charge in [0.15, 0.2) is 0 Å². The molecule has 0 saturated heterocycles. The molecule has 0 aliphatic carbocycles. The maximum atomic E-state index is 12.1. The first-order valence-electron chi connectivity index (χ1n) is 8.01. The number of nitrogens with one attached hydrogen (secondary N) is 1. The number of carbonyl (C=O) groups is 1. The summed E-state index contributed by atoms with van der Waals surface area (Å²) in [5, 5.41) is 13.5. The molecule has 0 heterocycles. The molecule has 5 nitrogen and oxygen atoms in total. The molecule has 0 atom stereocenters. The molecule has 0 saturated carbocycles. The Kier molecular flexibility index (Phi) is 5.37. The van der Waals surface area contributed by atoms with Crippen molar-refractivity contribution < 1.29 is 9.72 Å². The first kappa shape index (κ1) is 18.4. The molecule has 0 bridgehead atoms. The second-order valence-electron chi connectivity index (χ2n) is 6.95. The zero-order valence-corrected chi connectivity index (χ0v) is 14.9. The summed E-state index contributed by atoms with van der Waals surface area (Å²) in [4.78, 5) is 22.4. The summed E-state index contributed by atoms with van der Waals surface area (Å²) in [6.45, 7) is 8.22. The van der Waals surface area contributed by atoms with Crippen LogP contribution in [0.1, 0.15) is 37.5 Å². The molecule has 2 rings (SSSR count). The van der Waals surface area contributed by atoms with E-state index in [1.165, 1.54) is 23.8 Å². The van der Waals surface area contributed by atoms with E-state index in [1.54, 1.807) is 19.1 Å². The van der Waals surface area contributed by atoms with Gasteiger partial charge in [0.2, 0.25) is 5.91 Å². The Morgan fingerprint density at radius 2 is 1.76 bits per heavy atom. The summed E-state index contributed by atoms with van der Waals surface area (Å²) in [7, 11) is 0. The lowest BCUT2D eigenvalue weighted by molar-refractivity contribution is -0.384. The number of benzene rings is 2. The molecule has 5 heteroatoms. The fourth-order valence-electron chi connectivity index (χ4n) is 2.30. The van der Waals surface area contributed by atoms with Gasteiger partial charge >= 0.3 is 0 Å². The molecular weight excluding hydrogens is 316 g/mol. The summed E-state index contributed by atoms with van der Waals surface area (Å²) in [6.07, 6.45) is 3.14. The number of nitrogens with zero attached hydrogens (tertiary/aromatic N) is 1. The van der Waals surface area contributed by atoms with Gasteiger partial charge in [-0.1, -0.05) is 51.1 Å². The molecule has 0 spiro atoms. The number of aryl methyl sites for hydroxylation is 1. The van der Waals surface area contributed by atoms with E-state index in [9.17, 15) is 14.9 Å². The van der Waals surface area contributed by atoms with E-state index in [4.69, 9.17) is 0 Å². The van der Waals surface area contributed by atoms with E-state index in [2.05, 4.69) is 26.1 Å². The predicted octanol–water partition coefficient (Wildman–Crippen LogP) is 4.85. The molecule has 0 aliphatic rings. The van der Waals surface area contributed by atoms with Crippen LogP contribution in [0.3, 0.4) is 0 Å². The van der Waals surface area contributed by atoms with Crippen molar-refractivity contribution >= 4 is 23.4 Å². The third-order valence-electron chi connectivity index (χ3n) is 3.89. The lowest BCUT2D eigenvalue weighted by atomic mass is 9.87. The monoisotopic (exact) mass is 338 g/mol. The summed E-state index contributed by atoms with van der Waals surface area (Å²) in [5.74, 6) is -0.330. The zero-order valence-electron chi connectivity index (χ0n) is 14.9. The van der Waals surface area contributed by atoms with Crippen LogP contribution in [0.25, 0.3) is 6.08 Å². The second-order valence-corrected chi connectivity index (χ2v) is 6.95. The van der Waals surface area contributed by atoms with Gasteiger partial charge < -0.3 is 5.32 Å². The minimum Gasteiger partial charge on any atom is -0.322 e. The Morgan fingerprint density at radius 1 is 1.12 bits per heavy atom. The molecule has 0 aliphatic heterocycles. The molecule has 2 aromatic carbocycles. The lowest BCUT2D eigenvalue weighted by Crippen LogP contribution is -2.10. The molecule has 1 amide bonds. The van der Waals surface area contributed by atoms with Crippen molar-refractivity contribution in [3.05, 3.63) is 75.3 Å². The fourth-order valence-corrected chi connectivity index (χ4v) is 2.30. The van der Waals surface area contributed by atoms with Crippen LogP contribution in [-0.2, 0) is 10.2 Å². The van der Waals surface area contributed by atoms with Gasteiger partial charge in [0.1, 0.15) is 0 Å². The highest BCUT2D eigenvalue weighted by atomic mass is 16.6. The van der Waals surface area contributed by atoms with Crippen LogP contribution in [0.15, 0.2) is 48.5 Å². The summed E-state index contributed by atoms with van der Waals surface area (Å²) in [5.41, 5.74) is 3.37. The largest absolute Gasteiger partial charge is 0.322 e. The third kappa shape index (κ3) is 5.01. The molecule has 1 N–H and O–H groups in total. The van der Waals surface area contributed by atoms with Crippen LogP contribution in [0.5, 0.6) is 0 Å². The Balaban J connectivity index is 2.08. The van der Waals surface area contributed by atoms with Crippen LogP contribution in [0.2, 0.25) is 0 Å². The number of hydrogen-bond acceptors (Lipinski definition) is 3. The van der Waals surface area contributed by atoms with Crippen molar-refractivity contribution in [1.82, 2.24) is 0 Å². The fraction of sp³-hybridized carbons (Fsp3) is 0.250. The van der Waals surface area contributed by atoms with Gasteiger partial charge in [0.05, 0.1) is 10.6 Å². The number of non-ortho nitro benzene ring substituents is 1. The van der Waals surface area contributed by atoms with Crippen molar-refractivity contribution in [2.24, 2.45) is 0 Å². The van der Waals surface area contributed by atoms with E-state index >= 15 is 0 Å². The SMILES string of the molecule is Cc1ccc([N+](=O)[O-])cc1NC(=O)C=Cc1ccc(C(C)(C)C)cc1. The summed E-state index contributed by atoms with van der Waals surface area (Å²) < 4.78 is 0. The number of carbonyl (C=O) groups excluding carboxylic acids is 1.